The summed E-state index contributed by atoms with van der Waals surface area (Å²) in [6.45, 7) is 10.9. The quantitative estimate of drug-likeness (QED) is 0.784. The Morgan fingerprint density at radius 3 is 2.95 bits per heavy atom. The van der Waals surface area contributed by atoms with Gasteiger partial charge < -0.3 is 10.6 Å². The molecule has 0 aromatic carbocycles. The Balaban J connectivity index is 1.74. The van der Waals surface area contributed by atoms with Crippen LogP contribution >= 0.6 is 11.8 Å². The van der Waals surface area contributed by atoms with Crippen molar-refractivity contribution in [2.45, 2.75) is 58.0 Å². The molecule has 0 aromatic rings. The van der Waals surface area contributed by atoms with Crippen LogP contribution in [0.3, 0.4) is 0 Å². The Hall–Kier alpha value is -0.260. The lowest BCUT2D eigenvalue weighted by molar-refractivity contribution is -0.122. The first-order valence-corrected chi connectivity index (χ1v) is 9.99. The number of likely N-dealkylation sites (tertiary alicyclic amines) is 1. The largest absolute Gasteiger partial charge is 0.354 e. The van der Waals surface area contributed by atoms with Crippen LogP contribution in [0.4, 0.5) is 0 Å². The van der Waals surface area contributed by atoms with Gasteiger partial charge in [-0.3, -0.25) is 9.69 Å². The Morgan fingerprint density at radius 2 is 2.27 bits per heavy atom. The van der Waals surface area contributed by atoms with E-state index >= 15 is 0 Å². The monoisotopic (exact) mass is 327 g/mol. The number of carbonyl (C=O) groups excluding carboxylic acids is 1. The summed E-state index contributed by atoms with van der Waals surface area (Å²) in [6, 6.07) is 0.348. The first kappa shape index (κ1) is 18.1. The highest BCUT2D eigenvalue weighted by atomic mass is 32.2. The van der Waals surface area contributed by atoms with Crippen molar-refractivity contribution in [3.63, 3.8) is 0 Å². The van der Waals surface area contributed by atoms with Gasteiger partial charge in [-0.2, -0.15) is 11.8 Å². The predicted octanol–water partition coefficient (Wildman–Crippen LogP) is 2.10. The zero-order valence-electron chi connectivity index (χ0n) is 14.5. The van der Waals surface area contributed by atoms with Crippen LogP contribution in [0.5, 0.6) is 0 Å². The lowest BCUT2D eigenvalue weighted by Gasteiger charge is -2.43. The van der Waals surface area contributed by atoms with Crippen LogP contribution in [-0.4, -0.2) is 60.1 Å². The van der Waals surface area contributed by atoms with Gasteiger partial charge in [-0.15, -0.1) is 0 Å². The Morgan fingerprint density at radius 1 is 1.45 bits per heavy atom. The average Bonchev–Trinajstić information content (AvgIpc) is 2.54. The number of hydrogen-bond donors (Lipinski definition) is 2. The second-order valence-electron chi connectivity index (χ2n) is 7.38. The molecule has 2 rings (SSSR count). The Labute approximate surface area is 140 Å². The van der Waals surface area contributed by atoms with E-state index in [2.05, 4.69) is 36.3 Å². The van der Waals surface area contributed by atoms with Gasteiger partial charge in [-0.05, 0) is 39.2 Å². The second-order valence-corrected chi connectivity index (χ2v) is 8.53. The van der Waals surface area contributed by atoms with Crippen LogP contribution in [-0.2, 0) is 4.79 Å². The number of nitrogens with one attached hydrogen (secondary N) is 2. The highest BCUT2D eigenvalue weighted by molar-refractivity contribution is 7.99. The third-order valence-corrected chi connectivity index (χ3v) is 6.23. The molecular formula is C17H33N3OS. The maximum Gasteiger partial charge on any atom is 0.221 e. The molecule has 4 nitrogen and oxygen atoms in total. The molecule has 0 aliphatic carbocycles. The highest BCUT2D eigenvalue weighted by Crippen LogP contribution is 2.25. The average molecular weight is 328 g/mol. The minimum absolute atomic E-state index is 0.0538. The van der Waals surface area contributed by atoms with E-state index in [0.29, 0.717) is 12.5 Å². The SMILES string of the molecule is CCC1CCCN(C(C)(C)CNC(=O)CC2CSCCN2)C1. The maximum absolute atomic E-state index is 12.2. The molecular weight excluding hydrogens is 294 g/mol. The third kappa shape index (κ3) is 5.43. The molecule has 128 valence electrons. The molecule has 2 aliphatic heterocycles. The van der Waals surface area contributed by atoms with Crippen molar-refractivity contribution in [1.82, 2.24) is 15.5 Å². The fourth-order valence-corrected chi connectivity index (χ4v) is 4.37. The number of thioether (sulfide) groups is 1. The first-order valence-electron chi connectivity index (χ1n) is 8.84. The van der Waals surface area contributed by atoms with Gasteiger partial charge >= 0.3 is 0 Å². The Kier molecular flexibility index (Phi) is 7.03. The summed E-state index contributed by atoms with van der Waals surface area (Å²) in [6.07, 6.45) is 4.53. The topological polar surface area (TPSA) is 44.4 Å². The minimum atomic E-state index is 0.0538. The van der Waals surface area contributed by atoms with Gasteiger partial charge in [-0.1, -0.05) is 13.3 Å². The fraction of sp³-hybridized carbons (Fsp3) is 0.941. The van der Waals surface area contributed by atoms with Crippen molar-refractivity contribution in [2.75, 3.05) is 37.7 Å². The fourth-order valence-electron chi connectivity index (χ4n) is 3.42. The van der Waals surface area contributed by atoms with Crippen molar-refractivity contribution in [3.8, 4) is 0 Å². The molecule has 1 amide bonds. The number of hydrogen-bond acceptors (Lipinski definition) is 4. The number of rotatable bonds is 6. The highest BCUT2D eigenvalue weighted by Gasteiger charge is 2.31. The first-order chi connectivity index (χ1) is 10.5. The zero-order valence-corrected chi connectivity index (χ0v) is 15.3. The maximum atomic E-state index is 12.2. The van der Waals surface area contributed by atoms with Crippen LogP contribution in [0.1, 0.15) is 46.5 Å². The molecule has 0 bridgehead atoms. The molecule has 0 spiro atoms. The van der Waals surface area contributed by atoms with E-state index in [-0.39, 0.29) is 11.4 Å². The van der Waals surface area contributed by atoms with Crippen LogP contribution in [0.2, 0.25) is 0 Å². The molecule has 0 aromatic heterocycles. The Bertz CT molecular complexity index is 356. The molecule has 0 radical (unpaired) electrons. The molecule has 22 heavy (non-hydrogen) atoms. The molecule has 2 saturated heterocycles. The van der Waals surface area contributed by atoms with Gasteiger partial charge in [0.25, 0.3) is 0 Å². The van der Waals surface area contributed by atoms with Gasteiger partial charge in [0.05, 0.1) is 0 Å². The molecule has 5 heteroatoms. The zero-order chi connectivity index (χ0) is 16.0. The summed E-state index contributed by atoms with van der Waals surface area (Å²) in [7, 11) is 0. The number of piperidine rings is 1. The number of amides is 1. The summed E-state index contributed by atoms with van der Waals surface area (Å²) in [5, 5.41) is 6.60. The summed E-state index contributed by atoms with van der Waals surface area (Å²) >= 11 is 1.94. The van der Waals surface area contributed by atoms with E-state index in [9.17, 15) is 4.79 Å². The van der Waals surface area contributed by atoms with Gasteiger partial charge in [0.2, 0.25) is 5.91 Å². The van der Waals surface area contributed by atoms with Crippen molar-refractivity contribution in [2.24, 2.45) is 5.92 Å². The molecule has 2 atom stereocenters. The normalized spacial score (nSPS) is 27.6. The lowest BCUT2D eigenvalue weighted by Crippen LogP contribution is -2.55. The van der Waals surface area contributed by atoms with E-state index in [0.717, 1.165) is 24.8 Å². The van der Waals surface area contributed by atoms with E-state index < -0.39 is 0 Å². The van der Waals surface area contributed by atoms with Crippen molar-refractivity contribution in [3.05, 3.63) is 0 Å². The smallest absolute Gasteiger partial charge is 0.221 e. The van der Waals surface area contributed by atoms with Gasteiger partial charge in [-0.25, -0.2) is 0 Å². The number of carbonyl (C=O) groups is 1. The van der Waals surface area contributed by atoms with Gasteiger partial charge in [0.1, 0.15) is 0 Å². The summed E-state index contributed by atoms with van der Waals surface area (Å²) in [5.41, 5.74) is 0.0538. The van der Waals surface area contributed by atoms with E-state index in [1.165, 1.54) is 38.1 Å². The van der Waals surface area contributed by atoms with E-state index in [4.69, 9.17) is 0 Å². The van der Waals surface area contributed by atoms with Gasteiger partial charge in [0.15, 0.2) is 0 Å². The molecule has 2 heterocycles. The molecule has 2 aliphatic rings. The van der Waals surface area contributed by atoms with Crippen LogP contribution < -0.4 is 10.6 Å². The molecule has 2 unspecified atom stereocenters. The van der Waals surface area contributed by atoms with E-state index in [1.54, 1.807) is 0 Å². The standard InChI is InChI=1S/C17H33N3OS/c1-4-14-6-5-8-20(11-14)17(2,3)13-19-16(21)10-15-12-22-9-7-18-15/h14-15,18H,4-13H2,1-3H3,(H,19,21). The lowest BCUT2D eigenvalue weighted by atomic mass is 9.91. The molecule has 2 N–H and O–H groups in total. The predicted molar refractivity (Wildman–Crippen MR) is 95.4 cm³/mol. The van der Waals surface area contributed by atoms with Gasteiger partial charge in [0, 0.05) is 49.1 Å². The van der Waals surface area contributed by atoms with E-state index in [1.807, 2.05) is 11.8 Å². The second kappa shape index (κ2) is 8.55. The molecule has 2 fully saturated rings. The summed E-state index contributed by atoms with van der Waals surface area (Å²) < 4.78 is 0. The molecule has 0 saturated carbocycles. The van der Waals surface area contributed by atoms with Crippen LogP contribution in [0, 0.1) is 5.92 Å². The summed E-state index contributed by atoms with van der Waals surface area (Å²) in [5.74, 6) is 3.24. The summed E-state index contributed by atoms with van der Waals surface area (Å²) in [4.78, 5) is 14.8. The van der Waals surface area contributed by atoms with Crippen molar-refractivity contribution in [1.29, 1.82) is 0 Å². The minimum Gasteiger partial charge on any atom is -0.354 e. The van der Waals surface area contributed by atoms with Crippen molar-refractivity contribution >= 4 is 17.7 Å². The van der Waals surface area contributed by atoms with Crippen LogP contribution in [0.25, 0.3) is 0 Å². The number of nitrogens with zero attached hydrogens (tertiary/aromatic N) is 1. The van der Waals surface area contributed by atoms with Crippen molar-refractivity contribution < 1.29 is 4.79 Å². The van der Waals surface area contributed by atoms with Crippen LogP contribution in [0.15, 0.2) is 0 Å². The third-order valence-electron chi connectivity index (χ3n) is 5.10.